The van der Waals surface area contributed by atoms with Crippen molar-refractivity contribution in [2.45, 2.75) is 19.3 Å². The first-order valence-corrected chi connectivity index (χ1v) is 14.5. The zero-order chi connectivity index (χ0) is 28.0. The molecule has 8 aromatic rings. The first-order chi connectivity index (χ1) is 20.6. The molecule has 0 saturated heterocycles. The average Bonchev–Trinajstić information content (AvgIpc) is 3.47. The lowest BCUT2D eigenvalue weighted by molar-refractivity contribution is 0.661. The van der Waals surface area contributed by atoms with Crippen LogP contribution in [-0.4, -0.2) is 14.5 Å². The summed E-state index contributed by atoms with van der Waals surface area (Å²) in [5.74, 6) is 1.66. The van der Waals surface area contributed by atoms with Crippen molar-refractivity contribution in [3.8, 4) is 28.3 Å². The molecule has 42 heavy (non-hydrogen) atoms. The van der Waals surface area contributed by atoms with Gasteiger partial charge in [0.1, 0.15) is 5.82 Å². The molecule has 2 heterocycles. The normalized spacial score (nSPS) is 13.7. The number of nitrogens with zero attached hydrogens (tertiary/aromatic N) is 3. The fourth-order valence-electron chi connectivity index (χ4n) is 7.27. The number of fused-ring (bicyclic) bond motifs is 8. The second kappa shape index (κ2) is 8.37. The number of hydrogen-bond acceptors (Lipinski definition) is 2. The Kier molecular flexibility index (Phi) is 4.67. The first-order valence-electron chi connectivity index (χ1n) is 14.5. The van der Waals surface area contributed by atoms with Crippen molar-refractivity contribution >= 4 is 43.5 Å². The summed E-state index contributed by atoms with van der Waals surface area (Å²) in [6.07, 6.45) is 0. The number of hydrogen-bond donors (Lipinski definition) is 0. The number of para-hydroxylation sites is 2. The van der Waals surface area contributed by atoms with Crippen LogP contribution >= 0.6 is 0 Å². The highest BCUT2D eigenvalue weighted by Gasteiger charge is 2.38. The molecule has 9 rings (SSSR count). The van der Waals surface area contributed by atoms with Crippen LogP contribution in [0.25, 0.3) is 71.8 Å². The molecule has 2 aromatic heterocycles. The Morgan fingerprint density at radius 3 is 2.07 bits per heavy atom. The van der Waals surface area contributed by atoms with Crippen LogP contribution in [0.4, 0.5) is 0 Å². The maximum Gasteiger partial charge on any atom is 0.162 e. The molecule has 0 saturated carbocycles. The minimum Gasteiger partial charge on any atom is -0.293 e. The Morgan fingerprint density at radius 2 is 1.19 bits per heavy atom. The molecule has 0 amide bonds. The van der Waals surface area contributed by atoms with Crippen LogP contribution in [0, 0.1) is 0 Å². The van der Waals surface area contributed by atoms with E-state index < -0.39 is 0 Å². The smallest absolute Gasteiger partial charge is 0.162 e. The Bertz CT molecular complexity index is 2390. The van der Waals surface area contributed by atoms with Crippen LogP contribution < -0.4 is 0 Å². The van der Waals surface area contributed by atoms with Crippen molar-refractivity contribution in [3.05, 3.63) is 139 Å². The summed E-state index contributed by atoms with van der Waals surface area (Å²) in [5, 5.41) is 5.94. The number of benzene rings is 6. The predicted molar refractivity (Wildman–Crippen MR) is 174 cm³/mol. The molecular weight excluding hydrogens is 510 g/mol. The quantitative estimate of drug-likeness (QED) is 0.220. The molecule has 0 N–H and O–H groups in total. The van der Waals surface area contributed by atoms with Crippen LogP contribution in [0.1, 0.15) is 25.0 Å². The van der Waals surface area contributed by atoms with Gasteiger partial charge in [-0.15, -0.1) is 0 Å². The van der Waals surface area contributed by atoms with E-state index in [9.17, 15) is 0 Å². The summed E-state index contributed by atoms with van der Waals surface area (Å²) in [5.41, 5.74) is 9.37. The first kappa shape index (κ1) is 23.4. The van der Waals surface area contributed by atoms with Gasteiger partial charge in [-0.1, -0.05) is 111 Å². The SMILES string of the molecule is CC1(C)c2ccccc2-c2cccc(-c3nc(-n4c5ccccc5c5cc6ccccc6cc54)c4ccccc4n3)c21. The molecule has 1 aliphatic rings. The second-order valence-corrected chi connectivity index (χ2v) is 11.9. The molecule has 0 atom stereocenters. The largest absolute Gasteiger partial charge is 0.293 e. The molecule has 198 valence electrons. The highest BCUT2D eigenvalue weighted by Crippen LogP contribution is 2.51. The summed E-state index contributed by atoms with van der Waals surface area (Å²) in [6, 6.07) is 45.6. The molecule has 0 radical (unpaired) electrons. The van der Waals surface area contributed by atoms with E-state index in [2.05, 4.69) is 146 Å². The van der Waals surface area contributed by atoms with Crippen LogP contribution in [0.3, 0.4) is 0 Å². The van der Waals surface area contributed by atoms with Gasteiger partial charge in [-0.2, -0.15) is 0 Å². The van der Waals surface area contributed by atoms with E-state index >= 15 is 0 Å². The third-order valence-electron chi connectivity index (χ3n) is 9.16. The molecule has 3 heteroatoms. The van der Waals surface area contributed by atoms with Gasteiger partial charge in [-0.25, -0.2) is 9.97 Å². The maximum absolute atomic E-state index is 5.45. The van der Waals surface area contributed by atoms with Crippen LogP contribution in [-0.2, 0) is 5.41 Å². The van der Waals surface area contributed by atoms with Crippen molar-refractivity contribution < 1.29 is 0 Å². The van der Waals surface area contributed by atoms with E-state index in [0.29, 0.717) is 0 Å². The van der Waals surface area contributed by atoms with Gasteiger partial charge in [-0.3, -0.25) is 4.57 Å². The van der Waals surface area contributed by atoms with Crippen molar-refractivity contribution in [1.29, 1.82) is 0 Å². The summed E-state index contributed by atoms with van der Waals surface area (Å²) >= 11 is 0. The molecule has 1 aliphatic carbocycles. The summed E-state index contributed by atoms with van der Waals surface area (Å²) < 4.78 is 2.34. The standard InChI is InChI=1S/C39H27N3/c1-39(2)32-19-8-5-14-26(32)28-17-11-18-30(36(28)39)37-40-33-20-9-6-16-29(33)38(41-37)42-34-21-10-7-15-27(34)31-22-24-12-3-4-13-25(24)23-35(31)42/h3-23H,1-2H3. The predicted octanol–water partition coefficient (Wildman–Crippen LogP) is 9.85. The van der Waals surface area contributed by atoms with Gasteiger partial charge in [0.2, 0.25) is 0 Å². The van der Waals surface area contributed by atoms with Crippen molar-refractivity contribution in [2.75, 3.05) is 0 Å². The highest BCUT2D eigenvalue weighted by atomic mass is 15.1. The minimum absolute atomic E-state index is 0.163. The Balaban J connectivity index is 1.39. The molecular formula is C39H27N3. The number of aromatic nitrogens is 3. The van der Waals surface area contributed by atoms with E-state index in [1.807, 2.05) is 0 Å². The Labute approximate surface area is 243 Å². The third-order valence-corrected chi connectivity index (χ3v) is 9.16. The fraction of sp³-hybridized carbons (Fsp3) is 0.0769. The van der Waals surface area contributed by atoms with Gasteiger partial charge in [-0.05, 0) is 63.4 Å². The zero-order valence-corrected chi connectivity index (χ0v) is 23.5. The Hall–Kier alpha value is -5.28. The van der Waals surface area contributed by atoms with Crippen LogP contribution in [0.5, 0.6) is 0 Å². The minimum atomic E-state index is -0.163. The molecule has 0 bridgehead atoms. The Morgan fingerprint density at radius 1 is 0.524 bits per heavy atom. The average molecular weight is 538 g/mol. The lowest BCUT2D eigenvalue weighted by Gasteiger charge is -2.24. The van der Waals surface area contributed by atoms with E-state index in [4.69, 9.17) is 9.97 Å². The molecule has 0 aliphatic heterocycles. The second-order valence-electron chi connectivity index (χ2n) is 11.9. The van der Waals surface area contributed by atoms with Gasteiger partial charge in [0.05, 0.1) is 16.6 Å². The van der Waals surface area contributed by atoms with Gasteiger partial charge in [0, 0.05) is 27.1 Å². The molecule has 6 aromatic carbocycles. The summed E-state index contributed by atoms with van der Waals surface area (Å²) in [6.45, 7) is 4.64. The lowest BCUT2D eigenvalue weighted by Crippen LogP contribution is -2.16. The van der Waals surface area contributed by atoms with Gasteiger partial charge >= 0.3 is 0 Å². The van der Waals surface area contributed by atoms with E-state index in [-0.39, 0.29) is 5.41 Å². The van der Waals surface area contributed by atoms with Crippen LogP contribution in [0.15, 0.2) is 127 Å². The van der Waals surface area contributed by atoms with E-state index in [1.165, 1.54) is 43.8 Å². The molecule has 0 fully saturated rings. The topological polar surface area (TPSA) is 30.7 Å². The summed E-state index contributed by atoms with van der Waals surface area (Å²) in [7, 11) is 0. The van der Waals surface area contributed by atoms with Gasteiger partial charge in [0.15, 0.2) is 5.82 Å². The molecule has 0 unspecified atom stereocenters. The highest BCUT2D eigenvalue weighted by molar-refractivity contribution is 6.14. The van der Waals surface area contributed by atoms with Crippen LogP contribution in [0.2, 0.25) is 0 Å². The van der Waals surface area contributed by atoms with Crippen molar-refractivity contribution in [1.82, 2.24) is 14.5 Å². The lowest BCUT2D eigenvalue weighted by atomic mass is 9.80. The van der Waals surface area contributed by atoms with Crippen molar-refractivity contribution in [2.24, 2.45) is 0 Å². The number of rotatable bonds is 2. The monoisotopic (exact) mass is 537 g/mol. The third kappa shape index (κ3) is 3.11. The zero-order valence-electron chi connectivity index (χ0n) is 23.5. The summed E-state index contributed by atoms with van der Waals surface area (Å²) in [4.78, 5) is 10.7. The fourth-order valence-corrected chi connectivity index (χ4v) is 7.27. The molecule has 0 spiro atoms. The maximum atomic E-state index is 5.45. The van der Waals surface area contributed by atoms with E-state index in [0.717, 1.165) is 39.1 Å². The van der Waals surface area contributed by atoms with Gasteiger partial charge < -0.3 is 0 Å². The van der Waals surface area contributed by atoms with Gasteiger partial charge in [0.25, 0.3) is 0 Å². The van der Waals surface area contributed by atoms with Crippen molar-refractivity contribution in [3.63, 3.8) is 0 Å². The molecule has 3 nitrogen and oxygen atoms in total. The van der Waals surface area contributed by atoms with E-state index in [1.54, 1.807) is 0 Å².